The molecule has 2 N–H and O–H groups in total. The molecule has 1 unspecified atom stereocenters. The van der Waals surface area contributed by atoms with Crippen LogP contribution in [0, 0.1) is 37.0 Å². The highest BCUT2D eigenvalue weighted by atomic mass is 15.3. The molecule has 3 nitrogen and oxygen atoms in total. The number of aliphatic imine (C=N–C) groups is 1. The highest BCUT2D eigenvalue weighted by molar-refractivity contribution is 5.81. The van der Waals surface area contributed by atoms with E-state index in [0.717, 1.165) is 24.3 Å². The summed E-state index contributed by atoms with van der Waals surface area (Å²) in [7, 11) is 2.12. The first-order valence-electron chi connectivity index (χ1n) is 12.1. The zero-order valence-corrected chi connectivity index (χ0v) is 19.2. The van der Waals surface area contributed by atoms with Gasteiger partial charge in [-0.05, 0) is 104 Å². The lowest BCUT2D eigenvalue weighted by Gasteiger charge is -2.62. The molecule has 0 amide bonds. The van der Waals surface area contributed by atoms with Gasteiger partial charge < -0.3 is 10.6 Å². The highest BCUT2D eigenvalue weighted by Crippen LogP contribution is 2.67. The van der Waals surface area contributed by atoms with Gasteiger partial charge in [-0.2, -0.15) is 0 Å². The third kappa shape index (κ3) is 2.81. The molecular weight excluding hydrogens is 378 g/mol. The Balaban J connectivity index is 1.49. The van der Waals surface area contributed by atoms with Gasteiger partial charge in [0.1, 0.15) is 5.54 Å². The van der Waals surface area contributed by atoms with Crippen LogP contribution in [0.5, 0.6) is 0 Å². The molecule has 4 fully saturated rings. The van der Waals surface area contributed by atoms with Crippen LogP contribution in [0.25, 0.3) is 11.1 Å². The highest BCUT2D eigenvalue weighted by Gasteiger charge is 2.63. The van der Waals surface area contributed by atoms with Crippen LogP contribution in [0.3, 0.4) is 0 Å². The third-order valence-corrected chi connectivity index (χ3v) is 9.26. The molecule has 3 heteroatoms. The molecule has 162 valence electrons. The van der Waals surface area contributed by atoms with E-state index in [1.54, 1.807) is 0 Å². The van der Waals surface area contributed by atoms with E-state index in [0.29, 0.717) is 5.96 Å². The number of likely N-dealkylation sites (N-methyl/N-ethyl adjacent to an activating group) is 1. The van der Waals surface area contributed by atoms with Crippen molar-refractivity contribution < 1.29 is 0 Å². The minimum Gasteiger partial charge on any atom is -0.370 e. The minimum atomic E-state index is -0.211. The summed E-state index contributed by atoms with van der Waals surface area (Å²) in [6.45, 7) is 5.31. The second kappa shape index (κ2) is 6.60. The molecule has 1 atom stereocenters. The zero-order valence-electron chi connectivity index (χ0n) is 19.2. The number of rotatable bonds is 3. The van der Waals surface area contributed by atoms with Crippen molar-refractivity contribution in [2.45, 2.75) is 57.9 Å². The van der Waals surface area contributed by atoms with E-state index < -0.39 is 0 Å². The van der Waals surface area contributed by atoms with Gasteiger partial charge >= 0.3 is 0 Å². The third-order valence-electron chi connectivity index (χ3n) is 9.26. The summed E-state index contributed by atoms with van der Waals surface area (Å²) in [6.07, 6.45) is 8.35. The number of nitrogens with zero attached hydrogens (tertiary/aromatic N) is 2. The van der Waals surface area contributed by atoms with Gasteiger partial charge in [-0.3, -0.25) is 0 Å². The fourth-order valence-electron chi connectivity index (χ4n) is 7.98. The van der Waals surface area contributed by atoms with E-state index in [2.05, 4.69) is 68.3 Å². The summed E-state index contributed by atoms with van der Waals surface area (Å²) in [5.74, 6) is 3.41. The van der Waals surface area contributed by atoms with Crippen LogP contribution >= 0.6 is 0 Å². The van der Waals surface area contributed by atoms with Crippen LogP contribution < -0.4 is 5.73 Å². The largest absolute Gasteiger partial charge is 0.370 e. The van der Waals surface area contributed by atoms with Gasteiger partial charge in [-0.25, -0.2) is 4.99 Å². The smallest absolute Gasteiger partial charge is 0.192 e. The van der Waals surface area contributed by atoms with Crippen molar-refractivity contribution in [2.75, 3.05) is 13.6 Å². The molecule has 4 bridgehead atoms. The van der Waals surface area contributed by atoms with Gasteiger partial charge in [0.2, 0.25) is 0 Å². The molecule has 1 heterocycles. The van der Waals surface area contributed by atoms with Crippen molar-refractivity contribution in [3.63, 3.8) is 0 Å². The van der Waals surface area contributed by atoms with Gasteiger partial charge in [0.25, 0.3) is 0 Å². The summed E-state index contributed by atoms with van der Waals surface area (Å²) in [6, 6.07) is 16.1. The Kier molecular flexibility index (Phi) is 4.13. The molecule has 4 aliphatic carbocycles. The number of nitrogens with two attached hydrogens (primary N) is 1. The summed E-state index contributed by atoms with van der Waals surface area (Å²) >= 11 is 0. The molecule has 2 aromatic carbocycles. The van der Waals surface area contributed by atoms with Gasteiger partial charge in [-0.15, -0.1) is 0 Å². The maximum atomic E-state index is 6.47. The van der Waals surface area contributed by atoms with Crippen molar-refractivity contribution in [3.8, 4) is 11.1 Å². The summed E-state index contributed by atoms with van der Waals surface area (Å²) < 4.78 is 0. The molecule has 0 radical (unpaired) electrons. The Bertz CT molecular complexity index is 1030. The van der Waals surface area contributed by atoms with Crippen LogP contribution in [0.1, 0.15) is 55.2 Å². The van der Waals surface area contributed by atoms with E-state index in [1.165, 1.54) is 66.3 Å². The molecule has 0 aromatic heterocycles. The van der Waals surface area contributed by atoms with Crippen LogP contribution in [0.2, 0.25) is 0 Å². The number of hydrogen-bond acceptors (Lipinski definition) is 3. The van der Waals surface area contributed by atoms with E-state index in [9.17, 15) is 0 Å². The fourth-order valence-corrected chi connectivity index (χ4v) is 7.98. The average Bonchev–Trinajstić information content (AvgIpc) is 3.05. The van der Waals surface area contributed by atoms with Crippen molar-refractivity contribution >= 4 is 5.96 Å². The number of aryl methyl sites for hydroxylation is 2. The number of benzene rings is 2. The average molecular weight is 414 g/mol. The van der Waals surface area contributed by atoms with Crippen molar-refractivity contribution in [1.82, 2.24) is 4.90 Å². The zero-order chi connectivity index (χ0) is 21.4. The first-order valence-corrected chi connectivity index (χ1v) is 12.1. The molecular formula is C28H35N3. The first-order chi connectivity index (χ1) is 14.9. The van der Waals surface area contributed by atoms with Crippen molar-refractivity contribution in [2.24, 2.45) is 33.9 Å². The second-order valence-corrected chi connectivity index (χ2v) is 11.3. The maximum absolute atomic E-state index is 6.47. The lowest BCUT2D eigenvalue weighted by molar-refractivity contribution is -0.0987. The molecule has 1 aliphatic heterocycles. The quantitative estimate of drug-likeness (QED) is 0.707. The lowest BCUT2D eigenvalue weighted by Crippen LogP contribution is -2.57. The Morgan fingerprint density at radius 2 is 1.52 bits per heavy atom. The lowest BCUT2D eigenvalue weighted by atomic mass is 9.44. The molecule has 7 rings (SSSR count). The molecule has 31 heavy (non-hydrogen) atoms. The second-order valence-electron chi connectivity index (χ2n) is 11.3. The minimum absolute atomic E-state index is 0.211. The summed E-state index contributed by atoms with van der Waals surface area (Å²) in [5, 5.41) is 0. The van der Waals surface area contributed by atoms with E-state index in [1.807, 2.05) is 0 Å². The molecule has 5 aliphatic rings. The first kappa shape index (κ1) is 19.4. The van der Waals surface area contributed by atoms with E-state index in [-0.39, 0.29) is 11.0 Å². The SMILES string of the molecule is Cc1ccc(-c2cccc(C3(C45CC6CC(CC(C6)C4)C5)CN(C)C(N)=N3)c2)cc1C. The Hall–Kier alpha value is -2.29. The Labute approximate surface area is 186 Å². The predicted molar refractivity (Wildman–Crippen MR) is 128 cm³/mol. The van der Waals surface area contributed by atoms with Gasteiger partial charge in [0.15, 0.2) is 5.96 Å². The normalized spacial score (nSPS) is 36.2. The molecule has 0 spiro atoms. The number of guanidine groups is 1. The molecule has 4 saturated carbocycles. The van der Waals surface area contributed by atoms with Crippen LogP contribution in [-0.4, -0.2) is 24.5 Å². The van der Waals surface area contributed by atoms with E-state index >= 15 is 0 Å². The van der Waals surface area contributed by atoms with Crippen molar-refractivity contribution in [3.05, 3.63) is 59.2 Å². The van der Waals surface area contributed by atoms with Crippen molar-refractivity contribution in [1.29, 1.82) is 0 Å². The monoisotopic (exact) mass is 413 g/mol. The standard InChI is InChI=1S/C28H35N3/c1-18-7-8-24(9-19(18)2)23-5-4-6-25(13-23)28(17-31(3)26(29)30-28)27-14-20-10-21(15-27)12-22(11-20)16-27/h4-9,13,20-22H,10-12,14-17H2,1-3H3,(H2,29,30). The van der Waals surface area contributed by atoms with Gasteiger partial charge in [-0.1, -0.05) is 36.4 Å². The maximum Gasteiger partial charge on any atom is 0.192 e. The summed E-state index contributed by atoms with van der Waals surface area (Å²) in [5.41, 5.74) is 13.2. The summed E-state index contributed by atoms with van der Waals surface area (Å²) in [4.78, 5) is 7.54. The van der Waals surface area contributed by atoms with Crippen LogP contribution in [0.15, 0.2) is 47.5 Å². The predicted octanol–water partition coefficient (Wildman–Crippen LogP) is 5.64. The Morgan fingerprint density at radius 1 is 0.871 bits per heavy atom. The topological polar surface area (TPSA) is 41.6 Å². The van der Waals surface area contributed by atoms with Crippen LogP contribution in [-0.2, 0) is 5.54 Å². The van der Waals surface area contributed by atoms with Gasteiger partial charge in [0, 0.05) is 12.5 Å². The van der Waals surface area contributed by atoms with Crippen LogP contribution in [0.4, 0.5) is 0 Å². The van der Waals surface area contributed by atoms with E-state index in [4.69, 9.17) is 10.7 Å². The fraction of sp³-hybridized carbons (Fsp3) is 0.536. The number of hydrogen-bond donors (Lipinski definition) is 1. The molecule has 2 aromatic rings. The van der Waals surface area contributed by atoms with Gasteiger partial charge in [0.05, 0.1) is 6.54 Å². The molecule has 0 saturated heterocycles. The Morgan fingerprint density at radius 3 is 2.10 bits per heavy atom.